The number of amides is 1. The van der Waals surface area contributed by atoms with Crippen LogP contribution in [-0.2, 0) is 4.74 Å². The van der Waals surface area contributed by atoms with E-state index in [9.17, 15) is 9.59 Å². The van der Waals surface area contributed by atoms with Gasteiger partial charge in [-0.25, -0.2) is 4.79 Å². The number of carbonyl (C=O) groups is 2. The fraction of sp³-hybridized carbons (Fsp3) is 0.222. The van der Waals surface area contributed by atoms with Gasteiger partial charge in [-0.05, 0) is 51.1 Å². The lowest BCUT2D eigenvalue weighted by Gasteiger charge is -2.19. The smallest absolute Gasteiger partial charge is 0.338 e. The molecule has 2 aromatic carbocycles. The molecule has 0 radical (unpaired) electrons. The number of fused-ring (bicyclic) bond motifs is 2. The summed E-state index contributed by atoms with van der Waals surface area (Å²) in [4.78, 5) is 26.3. The van der Waals surface area contributed by atoms with Crippen molar-refractivity contribution in [3.8, 4) is 0 Å². The van der Waals surface area contributed by atoms with Crippen molar-refractivity contribution in [1.82, 2.24) is 0 Å². The second-order valence-electron chi connectivity index (χ2n) is 6.27. The summed E-state index contributed by atoms with van der Waals surface area (Å²) in [7, 11) is 0. The van der Waals surface area contributed by atoms with Crippen LogP contribution in [0.1, 0.15) is 41.5 Å². The summed E-state index contributed by atoms with van der Waals surface area (Å²) in [6, 6.07) is 12.7. The number of anilines is 1. The zero-order valence-electron chi connectivity index (χ0n) is 13.2. The third kappa shape index (κ3) is 3.40. The maximum atomic E-state index is 12.3. The molecule has 0 bridgehead atoms. The van der Waals surface area contributed by atoms with E-state index in [1.165, 1.54) is 11.8 Å². The molecule has 1 aliphatic heterocycles. The summed E-state index contributed by atoms with van der Waals surface area (Å²) >= 11 is 1.51. The first kappa shape index (κ1) is 15.6. The summed E-state index contributed by atoms with van der Waals surface area (Å²) in [5, 5.41) is 2.87. The maximum absolute atomic E-state index is 12.3. The van der Waals surface area contributed by atoms with E-state index < -0.39 is 11.6 Å². The molecule has 118 valence electrons. The fourth-order valence-electron chi connectivity index (χ4n) is 2.23. The second-order valence-corrected chi connectivity index (χ2v) is 7.35. The van der Waals surface area contributed by atoms with Crippen molar-refractivity contribution in [2.24, 2.45) is 0 Å². The van der Waals surface area contributed by atoms with E-state index in [2.05, 4.69) is 5.32 Å². The number of carbonyl (C=O) groups excluding carboxylic acids is 2. The SMILES string of the molecule is CC(C)(C)OC(=O)c1ccc2c(c1)NC(=O)c1ccccc1S2. The van der Waals surface area contributed by atoms with Crippen LogP contribution in [0, 0.1) is 0 Å². The van der Waals surface area contributed by atoms with E-state index in [1.54, 1.807) is 18.2 Å². The van der Waals surface area contributed by atoms with Crippen molar-refractivity contribution >= 4 is 29.3 Å². The first-order chi connectivity index (χ1) is 10.8. The van der Waals surface area contributed by atoms with Gasteiger partial charge in [0.2, 0.25) is 0 Å². The molecule has 1 aliphatic rings. The monoisotopic (exact) mass is 327 g/mol. The molecule has 2 aromatic rings. The quantitative estimate of drug-likeness (QED) is 0.791. The zero-order valence-corrected chi connectivity index (χ0v) is 14.0. The number of benzene rings is 2. The Morgan fingerprint density at radius 3 is 2.57 bits per heavy atom. The van der Waals surface area contributed by atoms with Crippen LogP contribution >= 0.6 is 11.8 Å². The van der Waals surface area contributed by atoms with Gasteiger partial charge in [-0.15, -0.1) is 0 Å². The summed E-state index contributed by atoms with van der Waals surface area (Å²) in [5.41, 5.74) is 1.12. The number of nitrogens with one attached hydrogen (secondary N) is 1. The van der Waals surface area contributed by atoms with Gasteiger partial charge in [0.05, 0.1) is 16.8 Å². The van der Waals surface area contributed by atoms with Crippen LogP contribution in [0.5, 0.6) is 0 Å². The molecular weight excluding hydrogens is 310 g/mol. The number of rotatable bonds is 1. The predicted octanol–water partition coefficient (Wildman–Crippen LogP) is 4.36. The molecule has 0 spiro atoms. The molecule has 0 aromatic heterocycles. The van der Waals surface area contributed by atoms with Crippen LogP contribution in [-0.4, -0.2) is 17.5 Å². The molecule has 0 unspecified atom stereocenters. The second kappa shape index (κ2) is 5.74. The molecule has 0 fully saturated rings. The van der Waals surface area contributed by atoms with Crippen LogP contribution in [0.3, 0.4) is 0 Å². The van der Waals surface area contributed by atoms with E-state index in [0.717, 1.165) is 9.79 Å². The molecule has 23 heavy (non-hydrogen) atoms. The van der Waals surface area contributed by atoms with Crippen molar-refractivity contribution in [3.63, 3.8) is 0 Å². The highest BCUT2D eigenvalue weighted by Crippen LogP contribution is 2.39. The molecule has 4 nitrogen and oxygen atoms in total. The number of hydrogen-bond acceptors (Lipinski definition) is 4. The Bertz CT molecular complexity index is 793. The Kier molecular flexibility index (Phi) is 3.90. The minimum absolute atomic E-state index is 0.173. The van der Waals surface area contributed by atoms with E-state index in [4.69, 9.17) is 4.74 Å². The lowest BCUT2D eigenvalue weighted by atomic mass is 10.1. The molecule has 0 atom stereocenters. The Balaban J connectivity index is 1.95. The molecule has 1 N–H and O–H groups in total. The van der Waals surface area contributed by atoms with Gasteiger partial charge in [-0.3, -0.25) is 4.79 Å². The third-order valence-corrected chi connectivity index (χ3v) is 4.37. The van der Waals surface area contributed by atoms with Crippen molar-refractivity contribution in [2.75, 3.05) is 5.32 Å². The number of hydrogen-bond donors (Lipinski definition) is 1. The Labute approximate surface area is 139 Å². The Morgan fingerprint density at radius 2 is 1.83 bits per heavy atom. The van der Waals surface area contributed by atoms with Gasteiger partial charge in [-0.2, -0.15) is 0 Å². The molecular formula is C18H17NO3S. The first-order valence-corrected chi connectivity index (χ1v) is 8.11. The van der Waals surface area contributed by atoms with Gasteiger partial charge in [0, 0.05) is 9.79 Å². The summed E-state index contributed by atoms with van der Waals surface area (Å²) in [6.07, 6.45) is 0. The van der Waals surface area contributed by atoms with E-state index in [-0.39, 0.29) is 5.91 Å². The van der Waals surface area contributed by atoms with Gasteiger partial charge < -0.3 is 10.1 Å². The highest BCUT2D eigenvalue weighted by Gasteiger charge is 2.22. The standard InChI is InChI=1S/C18H17NO3S/c1-18(2,3)22-17(21)11-8-9-15-13(10-11)19-16(20)12-6-4-5-7-14(12)23-15/h4-10H,1-3H3,(H,19,20). The van der Waals surface area contributed by atoms with Crippen LogP contribution in [0.25, 0.3) is 0 Å². The minimum atomic E-state index is -0.557. The van der Waals surface area contributed by atoms with E-state index in [1.807, 2.05) is 45.0 Å². The molecule has 5 heteroatoms. The van der Waals surface area contributed by atoms with Gasteiger partial charge in [0.25, 0.3) is 5.91 Å². The third-order valence-electron chi connectivity index (χ3n) is 3.21. The van der Waals surface area contributed by atoms with Gasteiger partial charge in [-0.1, -0.05) is 23.9 Å². The zero-order chi connectivity index (χ0) is 16.6. The Hall–Kier alpha value is -2.27. The largest absolute Gasteiger partial charge is 0.456 e. The highest BCUT2D eigenvalue weighted by molar-refractivity contribution is 7.99. The van der Waals surface area contributed by atoms with Crippen LogP contribution in [0.2, 0.25) is 0 Å². The van der Waals surface area contributed by atoms with Crippen LogP contribution in [0.15, 0.2) is 52.3 Å². The average molecular weight is 327 g/mol. The molecule has 1 heterocycles. The van der Waals surface area contributed by atoms with Crippen molar-refractivity contribution < 1.29 is 14.3 Å². The molecule has 0 saturated carbocycles. The fourth-order valence-corrected chi connectivity index (χ4v) is 3.24. The molecule has 0 saturated heterocycles. The molecule has 3 rings (SSSR count). The van der Waals surface area contributed by atoms with Gasteiger partial charge in [0.1, 0.15) is 5.60 Å². The van der Waals surface area contributed by atoms with Gasteiger partial charge in [0.15, 0.2) is 0 Å². The first-order valence-electron chi connectivity index (χ1n) is 7.29. The summed E-state index contributed by atoms with van der Waals surface area (Å²) < 4.78 is 5.38. The summed E-state index contributed by atoms with van der Waals surface area (Å²) in [5.74, 6) is -0.575. The van der Waals surface area contributed by atoms with Crippen molar-refractivity contribution in [3.05, 3.63) is 53.6 Å². The van der Waals surface area contributed by atoms with Crippen LogP contribution in [0.4, 0.5) is 5.69 Å². The normalized spacial score (nSPS) is 13.4. The predicted molar refractivity (Wildman–Crippen MR) is 90.1 cm³/mol. The Morgan fingerprint density at radius 1 is 1.09 bits per heavy atom. The lowest BCUT2D eigenvalue weighted by Crippen LogP contribution is -2.24. The van der Waals surface area contributed by atoms with E-state index >= 15 is 0 Å². The van der Waals surface area contributed by atoms with Crippen molar-refractivity contribution in [1.29, 1.82) is 0 Å². The van der Waals surface area contributed by atoms with Gasteiger partial charge >= 0.3 is 5.97 Å². The number of esters is 1. The molecule has 1 amide bonds. The van der Waals surface area contributed by atoms with Crippen LogP contribution < -0.4 is 5.32 Å². The lowest BCUT2D eigenvalue weighted by molar-refractivity contribution is 0.00694. The summed E-state index contributed by atoms with van der Waals surface area (Å²) in [6.45, 7) is 5.47. The molecule has 0 aliphatic carbocycles. The maximum Gasteiger partial charge on any atom is 0.338 e. The topological polar surface area (TPSA) is 55.4 Å². The van der Waals surface area contributed by atoms with E-state index in [0.29, 0.717) is 16.8 Å². The highest BCUT2D eigenvalue weighted by atomic mass is 32.2. The average Bonchev–Trinajstić information content (AvgIpc) is 2.61. The number of ether oxygens (including phenoxy) is 1. The minimum Gasteiger partial charge on any atom is -0.456 e. The van der Waals surface area contributed by atoms with Crippen molar-refractivity contribution in [2.45, 2.75) is 36.2 Å².